The van der Waals surface area contributed by atoms with Gasteiger partial charge in [0.1, 0.15) is 0 Å². The standard InChI is InChI=1S/C15H13N3O3/c16-12-4-2-11(3-5-12)15(19)18-17-8-10-1-6-13-14(7-10)21-9-20-13/h1-8H,9,16H2,(H,18,19)/b17-8+. The topological polar surface area (TPSA) is 85.9 Å². The molecule has 1 heterocycles. The average molecular weight is 283 g/mol. The number of nitrogens with zero attached hydrogens (tertiary/aromatic N) is 1. The smallest absolute Gasteiger partial charge is 0.271 e. The normalized spacial score (nSPS) is 12.6. The van der Waals surface area contributed by atoms with Gasteiger partial charge in [-0.2, -0.15) is 5.10 Å². The summed E-state index contributed by atoms with van der Waals surface area (Å²) in [4.78, 5) is 11.8. The molecule has 106 valence electrons. The van der Waals surface area contributed by atoms with Crippen LogP contribution in [0.3, 0.4) is 0 Å². The molecule has 1 aliphatic heterocycles. The Balaban J connectivity index is 1.64. The molecular weight excluding hydrogens is 270 g/mol. The number of ether oxygens (including phenoxy) is 2. The fourth-order valence-electron chi connectivity index (χ4n) is 1.86. The number of benzene rings is 2. The number of hydrazone groups is 1. The Morgan fingerprint density at radius 1 is 1.14 bits per heavy atom. The molecule has 1 amide bonds. The van der Waals surface area contributed by atoms with Crippen LogP contribution in [0.1, 0.15) is 15.9 Å². The highest BCUT2D eigenvalue weighted by atomic mass is 16.7. The van der Waals surface area contributed by atoms with Crippen molar-refractivity contribution in [1.29, 1.82) is 0 Å². The lowest BCUT2D eigenvalue weighted by molar-refractivity contribution is 0.0955. The monoisotopic (exact) mass is 283 g/mol. The molecule has 1 aliphatic rings. The predicted molar refractivity (Wildman–Crippen MR) is 78.5 cm³/mol. The van der Waals surface area contributed by atoms with Crippen LogP contribution in [0.5, 0.6) is 11.5 Å². The van der Waals surface area contributed by atoms with E-state index in [1.807, 2.05) is 6.07 Å². The van der Waals surface area contributed by atoms with Crippen molar-refractivity contribution in [3.8, 4) is 11.5 Å². The second kappa shape index (κ2) is 5.54. The van der Waals surface area contributed by atoms with Crippen LogP contribution in [-0.4, -0.2) is 18.9 Å². The molecule has 0 saturated heterocycles. The molecule has 2 aromatic carbocycles. The van der Waals surface area contributed by atoms with Crippen molar-refractivity contribution in [1.82, 2.24) is 5.43 Å². The van der Waals surface area contributed by atoms with Crippen molar-refractivity contribution in [2.75, 3.05) is 12.5 Å². The summed E-state index contributed by atoms with van der Waals surface area (Å²) in [6, 6.07) is 12.0. The van der Waals surface area contributed by atoms with Crippen LogP contribution in [0.25, 0.3) is 0 Å². The number of amides is 1. The fraction of sp³-hybridized carbons (Fsp3) is 0.0667. The maximum atomic E-state index is 11.8. The molecule has 0 radical (unpaired) electrons. The Hall–Kier alpha value is -3.02. The van der Waals surface area contributed by atoms with Gasteiger partial charge >= 0.3 is 0 Å². The number of rotatable bonds is 3. The highest BCUT2D eigenvalue weighted by molar-refractivity contribution is 5.95. The highest BCUT2D eigenvalue weighted by Gasteiger charge is 2.12. The van der Waals surface area contributed by atoms with E-state index < -0.39 is 0 Å². The van der Waals surface area contributed by atoms with Crippen molar-refractivity contribution in [3.05, 3.63) is 53.6 Å². The minimum Gasteiger partial charge on any atom is -0.454 e. The predicted octanol–water partition coefficient (Wildman–Crippen LogP) is 1.76. The molecule has 0 bridgehead atoms. The van der Waals surface area contributed by atoms with Gasteiger partial charge in [-0.3, -0.25) is 4.79 Å². The molecule has 0 atom stereocenters. The quantitative estimate of drug-likeness (QED) is 0.510. The zero-order valence-electron chi connectivity index (χ0n) is 11.1. The molecule has 0 spiro atoms. The van der Waals surface area contributed by atoms with Crippen LogP contribution in [-0.2, 0) is 0 Å². The van der Waals surface area contributed by atoms with Gasteiger partial charge in [0.05, 0.1) is 6.21 Å². The third-order valence-corrected chi connectivity index (χ3v) is 2.95. The number of anilines is 1. The van der Waals surface area contributed by atoms with E-state index in [0.717, 1.165) is 5.56 Å². The zero-order valence-corrected chi connectivity index (χ0v) is 11.1. The molecule has 3 N–H and O–H groups in total. The molecule has 3 rings (SSSR count). The summed E-state index contributed by atoms with van der Waals surface area (Å²) in [7, 11) is 0. The van der Waals surface area contributed by atoms with E-state index in [-0.39, 0.29) is 12.7 Å². The van der Waals surface area contributed by atoms with Crippen LogP contribution in [0, 0.1) is 0 Å². The lowest BCUT2D eigenvalue weighted by Crippen LogP contribution is -2.17. The number of carbonyl (C=O) groups excluding carboxylic acids is 1. The number of nitrogens with one attached hydrogen (secondary N) is 1. The molecular formula is C15H13N3O3. The Kier molecular flexibility index (Phi) is 3.42. The maximum Gasteiger partial charge on any atom is 0.271 e. The number of fused-ring (bicyclic) bond motifs is 1. The first-order valence-electron chi connectivity index (χ1n) is 6.31. The lowest BCUT2D eigenvalue weighted by atomic mass is 10.2. The SMILES string of the molecule is Nc1ccc(C(=O)N/N=C/c2ccc3c(c2)OCO3)cc1. The lowest BCUT2D eigenvalue weighted by Gasteiger charge is -2.00. The van der Waals surface area contributed by atoms with Gasteiger partial charge in [0.15, 0.2) is 11.5 Å². The Labute approximate surface area is 121 Å². The summed E-state index contributed by atoms with van der Waals surface area (Å²) < 4.78 is 10.5. The van der Waals surface area contributed by atoms with E-state index in [4.69, 9.17) is 15.2 Å². The average Bonchev–Trinajstić information content (AvgIpc) is 2.95. The van der Waals surface area contributed by atoms with Crippen LogP contribution in [0.15, 0.2) is 47.6 Å². The maximum absolute atomic E-state index is 11.8. The summed E-state index contributed by atoms with van der Waals surface area (Å²) >= 11 is 0. The second-order valence-corrected chi connectivity index (χ2v) is 4.43. The van der Waals surface area contributed by atoms with Crippen molar-refractivity contribution < 1.29 is 14.3 Å². The van der Waals surface area contributed by atoms with Gasteiger partial charge in [-0.05, 0) is 48.0 Å². The largest absolute Gasteiger partial charge is 0.454 e. The zero-order chi connectivity index (χ0) is 14.7. The van der Waals surface area contributed by atoms with E-state index in [1.54, 1.807) is 36.4 Å². The van der Waals surface area contributed by atoms with Gasteiger partial charge < -0.3 is 15.2 Å². The van der Waals surface area contributed by atoms with Crippen molar-refractivity contribution >= 4 is 17.8 Å². The Bertz CT molecular complexity index is 696. The third kappa shape index (κ3) is 2.94. The minimum atomic E-state index is -0.299. The number of nitrogen functional groups attached to an aromatic ring is 1. The first kappa shape index (κ1) is 13.0. The number of hydrogen-bond donors (Lipinski definition) is 2. The number of carbonyl (C=O) groups is 1. The summed E-state index contributed by atoms with van der Waals surface area (Å²) in [6.07, 6.45) is 1.54. The third-order valence-electron chi connectivity index (χ3n) is 2.95. The van der Waals surface area contributed by atoms with Gasteiger partial charge in [-0.15, -0.1) is 0 Å². The van der Waals surface area contributed by atoms with E-state index in [2.05, 4.69) is 10.5 Å². The van der Waals surface area contributed by atoms with Crippen LogP contribution in [0.4, 0.5) is 5.69 Å². The van der Waals surface area contributed by atoms with E-state index in [0.29, 0.717) is 22.7 Å². The summed E-state index contributed by atoms with van der Waals surface area (Å²) in [5.41, 5.74) is 9.92. The van der Waals surface area contributed by atoms with Crippen molar-refractivity contribution in [2.24, 2.45) is 5.10 Å². The number of hydrogen-bond acceptors (Lipinski definition) is 5. The van der Waals surface area contributed by atoms with Gasteiger partial charge in [-0.25, -0.2) is 5.43 Å². The molecule has 0 saturated carbocycles. The second-order valence-electron chi connectivity index (χ2n) is 4.43. The summed E-state index contributed by atoms with van der Waals surface area (Å²) in [5, 5.41) is 3.91. The van der Waals surface area contributed by atoms with Crippen LogP contribution < -0.4 is 20.6 Å². The molecule has 0 aliphatic carbocycles. The highest BCUT2D eigenvalue weighted by Crippen LogP contribution is 2.31. The Morgan fingerprint density at radius 2 is 1.90 bits per heavy atom. The molecule has 0 unspecified atom stereocenters. The molecule has 21 heavy (non-hydrogen) atoms. The van der Waals surface area contributed by atoms with Crippen LogP contribution in [0.2, 0.25) is 0 Å². The number of nitrogens with two attached hydrogens (primary N) is 1. The molecule has 0 fully saturated rings. The summed E-state index contributed by atoms with van der Waals surface area (Å²) in [5.74, 6) is 1.08. The Morgan fingerprint density at radius 3 is 2.71 bits per heavy atom. The van der Waals surface area contributed by atoms with Gasteiger partial charge in [0.25, 0.3) is 5.91 Å². The molecule has 0 aromatic heterocycles. The first-order chi connectivity index (χ1) is 10.2. The molecule has 6 nitrogen and oxygen atoms in total. The van der Waals surface area contributed by atoms with Gasteiger partial charge in [-0.1, -0.05) is 0 Å². The van der Waals surface area contributed by atoms with E-state index >= 15 is 0 Å². The fourth-order valence-corrected chi connectivity index (χ4v) is 1.86. The van der Waals surface area contributed by atoms with Crippen molar-refractivity contribution in [3.63, 3.8) is 0 Å². The summed E-state index contributed by atoms with van der Waals surface area (Å²) in [6.45, 7) is 0.226. The van der Waals surface area contributed by atoms with E-state index in [1.165, 1.54) is 6.21 Å². The minimum absolute atomic E-state index is 0.226. The van der Waals surface area contributed by atoms with Gasteiger partial charge in [0, 0.05) is 11.3 Å². The van der Waals surface area contributed by atoms with Crippen LogP contribution >= 0.6 is 0 Å². The van der Waals surface area contributed by atoms with Crippen molar-refractivity contribution in [2.45, 2.75) is 0 Å². The van der Waals surface area contributed by atoms with E-state index in [9.17, 15) is 4.79 Å². The van der Waals surface area contributed by atoms with Gasteiger partial charge in [0.2, 0.25) is 6.79 Å². The first-order valence-corrected chi connectivity index (χ1v) is 6.31. The molecule has 6 heteroatoms. The molecule has 2 aromatic rings.